The molecule has 0 aliphatic carbocycles. The summed E-state index contributed by atoms with van der Waals surface area (Å²) in [4.78, 5) is 27.5. The number of ether oxygens (including phenoxy) is 1. The van der Waals surface area contributed by atoms with Gasteiger partial charge in [0.15, 0.2) is 9.84 Å². The summed E-state index contributed by atoms with van der Waals surface area (Å²) in [5, 5.41) is 3.52. The normalized spacial score (nSPS) is 12.2. The first-order chi connectivity index (χ1) is 10.5. The number of hydrogen-bond donors (Lipinski definition) is 1. The van der Waals surface area contributed by atoms with E-state index in [9.17, 15) is 18.0 Å². The summed E-state index contributed by atoms with van der Waals surface area (Å²) in [6.45, 7) is 5.31. The van der Waals surface area contributed by atoms with Crippen LogP contribution in [0.3, 0.4) is 0 Å². The molecule has 0 bridgehead atoms. The molecule has 1 rings (SSSR count). The number of nitrogens with one attached hydrogen (secondary N) is 1. The van der Waals surface area contributed by atoms with Gasteiger partial charge in [0.1, 0.15) is 11.3 Å². The Labute approximate surface area is 135 Å². The van der Waals surface area contributed by atoms with E-state index in [4.69, 9.17) is 4.74 Å². The highest BCUT2D eigenvalue weighted by Crippen LogP contribution is 2.11. The van der Waals surface area contributed by atoms with Crippen molar-refractivity contribution >= 4 is 21.7 Å². The van der Waals surface area contributed by atoms with E-state index in [0.29, 0.717) is 0 Å². The van der Waals surface area contributed by atoms with Crippen molar-refractivity contribution in [1.29, 1.82) is 0 Å². The smallest absolute Gasteiger partial charge is 0.357 e. The van der Waals surface area contributed by atoms with Gasteiger partial charge in [0.2, 0.25) is 0 Å². The van der Waals surface area contributed by atoms with Crippen molar-refractivity contribution in [2.45, 2.75) is 26.4 Å². The van der Waals surface area contributed by atoms with Crippen LogP contribution in [0.4, 0.5) is 0 Å². The quantitative estimate of drug-likeness (QED) is 0.811. The third-order valence-electron chi connectivity index (χ3n) is 2.36. The van der Waals surface area contributed by atoms with Crippen LogP contribution in [0, 0.1) is 0 Å². The highest BCUT2D eigenvalue weighted by Gasteiger charge is 2.19. The number of carbonyl (C=O) groups excluding carboxylic acids is 2. The van der Waals surface area contributed by atoms with Crippen molar-refractivity contribution in [1.82, 2.24) is 10.3 Å². The van der Waals surface area contributed by atoms with Gasteiger partial charge in [-0.1, -0.05) is 6.08 Å². The van der Waals surface area contributed by atoms with E-state index in [0.717, 1.165) is 11.7 Å². The summed E-state index contributed by atoms with van der Waals surface area (Å²) in [6.07, 6.45) is 3.65. The number of carbonyl (C=O) groups is 2. The highest BCUT2D eigenvalue weighted by atomic mass is 32.2. The number of esters is 1. The van der Waals surface area contributed by atoms with Crippen molar-refractivity contribution < 1.29 is 22.7 Å². The molecule has 0 atom stereocenters. The van der Waals surface area contributed by atoms with Gasteiger partial charge in [0.25, 0.3) is 5.91 Å². The lowest BCUT2D eigenvalue weighted by atomic mass is 10.2. The fourth-order valence-electron chi connectivity index (χ4n) is 1.46. The fraction of sp³-hybridized carbons (Fsp3) is 0.400. The minimum Gasteiger partial charge on any atom is -0.455 e. The Morgan fingerprint density at radius 1 is 1.30 bits per heavy atom. The molecule has 0 aliphatic heterocycles. The van der Waals surface area contributed by atoms with E-state index in [1.54, 1.807) is 20.8 Å². The van der Waals surface area contributed by atoms with E-state index in [1.807, 2.05) is 0 Å². The lowest BCUT2D eigenvalue weighted by molar-refractivity contribution is 0.00626. The Kier molecular flexibility index (Phi) is 6.03. The van der Waals surface area contributed by atoms with Crippen molar-refractivity contribution in [3.8, 4) is 0 Å². The molecule has 23 heavy (non-hydrogen) atoms. The van der Waals surface area contributed by atoms with Crippen LogP contribution in [0.5, 0.6) is 0 Å². The average Bonchev–Trinajstić information content (AvgIpc) is 2.40. The maximum Gasteiger partial charge on any atom is 0.357 e. The second kappa shape index (κ2) is 7.36. The van der Waals surface area contributed by atoms with E-state index < -0.39 is 27.3 Å². The Bertz CT molecular complexity index is 700. The van der Waals surface area contributed by atoms with Gasteiger partial charge in [-0.05, 0) is 32.9 Å². The van der Waals surface area contributed by atoms with Crippen molar-refractivity contribution in [2.75, 3.05) is 12.8 Å². The van der Waals surface area contributed by atoms with E-state index in [2.05, 4.69) is 10.3 Å². The van der Waals surface area contributed by atoms with E-state index >= 15 is 0 Å². The molecular weight excluding hydrogens is 320 g/mol. The van der Waals surface area contributed by atoms with Crippen LogP contribution in [-0.2, 0) is 14.6 Å². The third kappa shape index (κ3) is 7.55. The van der Waals surface area contributed by atoms with Gasteiger partial charge < -0.3 is 10.1 Å². The number of aromatic nitrogens is 1. The van der Waals surface area contributed by atoms with Crippen molar-refractivity contribution in [2.24, 2.45) is 0 Å². The van der Waals surface area contributed by atoms with Gasteiger partial charge in [-0.2, -0.15) is 0 Å². The van der Waals surface area contributed by atoms with Crippen molar-refractivity contribution in [3.63, 3.8) is 0 Å². The first-order valence-electron chi connectivity index (χ1n) is 6.82. The number of amides is 1. The van der Waals surface area contributed by atoms with Gasteiger partial charge in [-0.15, -0.1) is 0 Å². The first kappa shape index (κ1) is 18.8. The van der Waals surface area contributed by atoms with Crippen LogP contribution >= 0.6 is 0 Å². The molecule has 0 saturated heterocycles. The molecule has 8 heteroatoms. The number of rotatable bonds is 5. The van der Waals surface area contributed by atoms with Gasteiger partial charge in [-0.25, -0.2) is 18.2 Å². The molecule has 1 amide bonds. The lowest BCUT2D eigenvalue weighted by Gasteiger charge is -2.19. The summed E-state index contributed by atoms with van der Waals surface area (Å²) >= 11 is 0. The number of hydrogen-bond acceptors (Lipinski definition) is 6. The Hall–Kier alpha value is -2.22. The Morgan fingerprint density at radius 2 is 1.96 bits per heavy atom. The largest absolute Gasteiger partial charge is 0.455 e. The van der Waals surface area contributed by atoms with E-state index in [1.165, 1.54) is 24.4 Å². The topological polar surface area (TPSA) is 102 Å². The molecule has 7 nitrogen and oxygen atoms in total. The minimum absolute atomic E-state index is 0.0692. The van der Waals surface area contributed by atoms with Crippen LogP contribution in [0.25, 0.3) is 0 Å². The Balaban J connectivity index is 2.64. The number of pyridine rings is 1. The lowest BCUT2D eigenvalue weighted by Crippen LogP contribution is -2.25. The molecule has 0 spiro atoms. The van der Waals surface area contributed by atoms with Crippen molar-refractivity contribution in [3.05, 3.63) is 41.1 Å². The summed E-state index contributed by atoms with van der Waals surface area (Å²) in [5.41, 5.74) is -0.265. The van der Waals surface area contributed by atoms with Gasteiger partial charge in [0.05, 0.1) is 5.56 Å². The van der Waals surface area contributed by atoms with E-state index in [-0.39, 0.29) is 17.8 Å². The first-order valence-corrected chi connectivity index (χ1v) is 8.77. The second-order valence-electron chi connectivity index (χ2n) is 5.85. The number of sulfone groups is 1. The Morgan fingerprint density at radius 3 is 2.43 bits per heavy atom. The minimum atomic E-state index is -3.21. The van der Waals surface area contributed by atoms with Gasteiger partial charge in [0, 0.05) is 24.4 Å². The molecule has 1 heterocycles. The predicted octanol–water partition coefficient (Wildman–Crippen LogP) is 1.32. The SMILES string of the molecule is CC(C)(C)OC(=O)c1ccc(C(=O)NCC=CS(C)(=O)=O)cn1. The van der Waals surface area contributed by atoms with Crippen LogP contribution in [0.2, 0.25) is 0 Å². The van der Waals surface area contributed by atoms with Crippen LogP contribution in [0.1, 0.15) is 41.6 Å². The summed E-state index contributed by atoms with van der Waals surface area (Å²) in [7, 11) is -3.21. The third-order valence-corrected chi connectivity index (χ3v) is 3.04. The summed E-state index contributed by atoms with van der Waals surface area (Å²) < 4.78 is 27.0. The molecular formula is C15H20N2O5S. The highest BCUT2D eigenvalue weighted by molar-refractivity contribution is 7.93. The molecule has 1 aromatic rings. The fourth-order valence-corrected chi connectivity index (χ4v) is 1.90. The summed E-state index contributed by atoms with van der Waals surface area (Å²) in [5.74, 6) is -0.994. The molecule has 126 valence electrons. The zero-order valence-electron chi connectivity index (χ0n) is 13.5. The maximum atomic E-state index is 11.8. The molecule has 1 N–H and O–H groups in total. The molecule has 0 unspecified atom stereocenters. The van der Waals surface area contributed by atoms with Crippen LogP contribution in [0.15, 0.2) is 29.8 Å². The molecule has 0 aliphatic rings. The zero-order chi connectivity index (χ0) is 17.7. The second-order valence-corrected chi connectivity index (χ2v) is 7.78. The average molecular weight is 340 g/mol. The van der Waals surface area contributed by atoms with Gasteiger partial charge >= 0.3 is 5.97 Å². The monoisotopic (exact) mass is 340 g/mol. The molecule has 0 aromatic carbocycles. The van der Waals surface area contributed by atoms with Crippen LogP contribution in [-0.4, -0.2) is 43.7 Å². The predicted molar refractivity (Wildman–Crippen MR) is 85.7 cm³/mol. The molecule has 0 saturated carbocycles. The summed E-state index contributed by atoms with van der Waals surface area (Å²) in [6, 6.07) is 2.84. The molecule has 0 radical (unpaired) electrons. The molecule has 0 fully saturated rings. The van der Waals surface area contributed by atoms with Gasteiger partial charge in [-0.3, -0.25) is 4.79 Å². The zero-order valence-corrected chi connectivity index (χ0v) is 14.3. The number of nitrogens with zero attached hydrogens (tertiary/aromatic N) is 1. The van der Waals surface area contributed by atoms with Crippen LogP contribution < -0.4 is 5.32 Å². The molecule has 1 aromatic heterocycles. The maximum absolute atomic E-state index is 11.8. The standard InChI is InChI=1S/C15H20N2O5S/c1-15(2,3)22-14(19)12-7-6-11(10-17-12)13(18)16-8-5-9-23(4,20)21/h5-7,9-10H,8H2,1-4H3,(H,16,18).